The first-order valence-electron chi connectivity index (χ1n) is 9.52. The van der Waals surface area contributed by atoms with Gasteiger partial charge in [0.2, 0.25) is 5.78 Å². The number of benzene rings is 1. The molecule has 4 rings (SSSR count). The largest absolute Gasteiger partial charge is 0.503 e. The van der Waals surface area contributed by atoms with Gasteiger partial charge in [0.15, 0.2) is 17.3 Å². The van der Waals surface area contributed by atoms with Gasteiger partial charge in [-0.25, -0.2) is 0 Å². The number of ketones is 1. The van der Waals surface area contributed by atoms with Gasteiger partial charge < -0.3 is 18.8 Å². The molecule has 2 aromatic heterocycles. The Morgan fingerprint density at radius 1 is 1.27 bits per heavy atom. The van der Waals surface area contributed by atoms with Crippen LogP contribution in [0.3, 0.4) is 0 Å². The molecule has 1 aliphatic rings. The molecule has 3 heterocycles. The molecule has 154 valence electrons. The van der Waals surface area contributed by atoms with Crippen molar-refractivity contribution in [1.29, 1.82) is 0 Å². The summed E-state index contributed by atoms with van der Waals surface area (Å²) in [7, 11) is 0. The van der Waals surface area contributed by atoms with Crippen LogP contribution in [-0.4, -0.2) is 28.6 Å². The second-order valence-corrected chi connectivity index (χ2v) is 6.86. The summed E-state index contributed by atoms with van der Waals surface area (Å²) in [5, 5.41) is 14.5. The number of rotatable bonds is 7. The number of furan rings is 1. The maximum Gasteiger partial charge on any atom is 0.295 e. The highest BCUT2D eigenvalue weighted by molar-refractivity contribution is 6.19. The summed E-state index contributed by atoms with van der Waals surface area (Å²) >= 11 is 0. The molecule has 0 fully saturated rings. The van der Waals surface area contributed by atoms with Crippen molar-refractivity contribution in [2.45, 2.75) is 26.3 Å². The van der Waals surface area contributed by atoms with Crippen molar-refractivity contribution >= 4 is 17.5 Å². The van der Waals surface area contributed by atoms with Crippen LogP contribution in [0.2, 0.25) is 0 Å². The van der Waals surface area contributed by atoms with Crippen molar-refractivity contribution in [2.24, 2.45) is 0 Å². The lowest BCUT2D eigenvalue weighted by Gasteiger charge is -2.24. The molecule has 30 heavy (non-hydrogen) atoms. The molecule has 1 aliphatic heterocycles. The fourth-order valence-corrected chi connectivity index (χ4v) is 3.36. The van der Waals surface area contributed by atoms with Gasteiger partial charge in [-0.15, -0.1) is 0 Å². The van der Waals surface area contributed by atoms with Crippen molar-refractivity contribution in [2.75, 3.05) is 11.5 Å². The lowest BCUT2D eigenvalue weighted by Crippen LogP contribution is -2.31. The van der Waals surface area contributed by atoms with Crippen LogP contribution in [0.25, 0.3) is 0 Å². The summed E-state index contributed by atoms with van der Waals surface area (Å²) in [6, 6.07) is 10.7. The maximum absolute atomic E-state index is 13.1. The quantitative estimate of drug-likeness (QED) is 0.585. The lowest BCUT2D eigenvalue weighted by molar-refractivity contribution is -0.117. The number of carbonyl (C=O) groups excluding carboxylic acids is 2. The van der Waals surface area contributed by atoms with E-state index in [2.05, 4.69) is 5.16 Å². The van der Waals surface area contributed by atoms with Crippen molar-refractivity contribution in [3.8, 4) is 5.75 Å². The minimum Gasteiger partial charge on any atom is -0.503 e. The van der Waals surface area contributed by atoms with Crippen molar-refractivity contribution in [1.82, 2.24) is 5.16 Å². The lowest BCUT2D eigenvalue weighted by atomic mass is 9.95. The number of carbonyl (C=O) groups is 2. The first-order chi connectivity index (χ1) is 14.5. The van der Waals surface area contributed by atoms with Crippen LogP contribution in [0.4, 0.5) is 5.82 Å². The molecular weight excluding hydrogens is 388 g/mol. The SMILES string of the molecule is CCCOc1ccc([C@@H]2C(C(=O)c3ccco3)=C(O)C(=O)N2c2cc(C)on2)cc1. The van der Waals surface area contributed by atoms with Gasteiger partial charge in [0.1, 0.15) is 11.5 Å². The van der Waals surface area contributed by atoms with E-state index in [1.54, 1.807) is 43.3 Å². The Kier molecular flexibility index (Phi) is 5.14. The second-order valence-electron chi connectivity index (χ2n) is 6.86. The van der Waals surface area contributed by atoms with Gasteiger partial charge in [-0.05, 0) is 43.2 Å². The van der Waals surface area contributed by atoms with Crippen LogP contribution in [0.5, 0.6) is 5.75 Å². The predicted molar refractivity (Wildman–Crippen MR) is 106 cm³/mol. The summed E-state index contributed by atoms with van der Waals surface area (Å²) < 4.78 is 15.9. The Morgan fingerprint density at radius 3 is 2.63 bits per heavy atom. The van der Waals surface area contributed by atoms with Gasteiger partial charge in [-0.1, -0.05) is 24.2 Å². The van der Waals surface area contributed by atoms with Crippen LogP contribution in [0.1, 0.15) is 41.3 Å². The van der Waals surface area contributed by atoms with E-state index in [4.69, 9.17) is 13.7 Å². The summed E-state index contributed by atoms with van der Waals surface area (Å²) in [5.41, 5.74) is 0.518. The van der Waals surface area contributed by atoms with E-state index in [1.807, 2.05) is 6.92 Å². The van der Waals surface area contributed by atoms with Crippen molar-refractivity contribution in [3.63, 3.8) is 0 Å². The van der Waals surface area contributed by atoms with E-state index in [0.29, 0.717) is 23.7 Å². The van der Waals surface area contributed by atoms with E-state index in [9.17, 15) is 14.7 Å². The molecule has 8 heteroatoms. The molecule has 1 amide bonds. The topological polar surface area (TPSA) is 106 Å². The number of aliphatic hydroxyl groups is 1. The Bertz CT molecular complexity index is 1100. The van der Waals surface area contributed by atoms with Gasteiger partial charge in [0, 0.05) is 6.07 Å². The van der Waals surface area contributed by atoms with E-state index in [-0.39, 0.29) is 17.2 Å². The third-order valence-electron chi connectivity index (χ3n) is 4.73. The summed E-state index contributed by atoms with van der Waals surface area (Å²) in [6.07, 6.45) is 2.23. The first-order valence-corrected chi connectivity index (χ1v) is 9.52. The number of hydrogen-bond donors (Lipinski definition) is 1. The molecule has 0 aliphatic carbocycles. The van der Waals surface area contributed by atoms with Crippen molar-refractivity contribution in [3.05, 3.63) is 77.1 Å². The molecule has 1 N–H and O–H groups in total. The average molecular weight is 408 g/mol. The third-order valence-corrected chi connectivity index (χ3v) is 4.73. The van der Waals surface area contributed by atoms with Gasteiger partial charge in [0.05, 0.1) is 24.5 Å². The summed E-state index contributed by atoms with van der Waals surface area (Å²) in [5.74, 6) is -0.586. The van der Waals surface area contributed by atoms with Gasteiger partial charge >= 0.3 is 0 Å². The minimum atomic E-state index is -0.903. The number of anilines is 1. The van der Waals surface area contributed by atoms with Gasteiger partial charge in [0.25, 0.3) is 5.91 Å². The van der Waals surface area contributed by atoms with Crippen molar-refractivity contribution < 1.29 is 28.4 Å². The molecule has 0 spiro atoms. The number of Topliss-reactive ketones (excluding diaryl/α,β-unsaturated/α-hetero) is 1. The number of nitrogens with zero attached hydrogens (tertiary/aromatic N) is 2. The Hall–Kier alpha value is -3.81. The number of aliphatic hydroxyl groups excluding tert-OH is 1. The van der Waals surface area contributed by atoms with Gasteiger partial charge in [-0.2, -0.15) is 0 Å². The molecule has 0 radical (unpaired) electrons. The fraction of sp³-hybridized carbons (Fsp3) is 0.227. The molecule has 1 atom stereocenters. The number of hydrogen-bond acceptors (Lipinski definition) is 7. The molecule has 0 saturated carbocycles. The maximum atomic E-state index is 13.1. The smallest absolute Gasteiger partial charge is 0.295 e. The molecule has 1 aromatic carbocycles. The van der Waals surface area contributed by atoms with Crippen LogP contribution in [0, 0.1) is 6.92 Å². The van der Waals surface area contributed by atoms with E-state index in [0.717, 1.165) is 6.42 Å². The zero-order chi connectivity index (χ0) is 21.3. The zero-order valence-electron chi connectivity index (χ0n) is 16.5. The first kappa shape index (κ1) is 19.5. The Morgan fingerprint density at radius 2 is 2.03 bits per heavy atom. The molecule has 3 aromatic rings. The highest BCUT2D eigenvalue weighted by Crippen LogP contribution is 2.42. The predicted octanol–water partition coefficient (Wildman–Crippen LogP) is 4.15. The molecule has 0 saturated heterocycles. The average Bonchev–Trinajstić information content (AvgIpc) is 3.48. The molecule has 0 bridgehead atoms. The standard InChI is InChI=1S/C22H20N2O6/c1-3-10-28-15-8-6-14(7-9-15)19-18(20(25)16-5-4-11-29-16)21(26)22(27)24(19)17-12-13(2)30-23-17/h4-9,11-12,19,26H,3,10H2,1-2H3/t19-/m1/s1. The van der Waals surface area contributed by atoms with Crippen LogP contribution < -0.4 is 9.64 Å². The Balaban J connectivity index is 1.79. The van der Waals surface area contributed by atoms with E-state index in [1.165, 1.54) is 17.2 Å². The molecule has 8 nitrogen and oxygen atoms in total. The zero-order valence-corrected chi connectivity index (χ0v) is 16.5. The number of ether oxygens (including phenoxy) is 1. The number of aryl methyl sites for hydroxylation is 1. The second kappa shape index (κ2) is 7.90. The highest BCUT2D eigenvalue weighted by atomic mass is 16.5. The van der Waals surface area contributed by atoms with Gasteiger partial charge in [-0.3, -0.25) is 14.5 Å². The van der Waals surface area contributed by atoms with Crippen LogP contribution >= 0.6 is 0 Å². The fourth-order valence-electron chi connectivity index (χ4n) is 3.36. The van der Waals surface area contributed by atoms with E-state index < -0.39 is 23.5 Å². The number of aromatic nitrogens is 1. The van der Waals surface area contributed by atoms with E-state index >= 15 is 0 Å². The van der Waals surface area contributed by atoms with Crippen LogP contribution in [-0.2, 0) is 4.79 Å². The van der Waals surface area contributed by atoms with Crippen LogP contribution in [0.15, 0.2) is 69.0 Å². The normalized spacial score (nSPS) is 16.4. The number of amides is 1. The molecular formula is C22H20N2O6. The summed E-state index contributed by atoms with van der Waals surface area (Å²) in [6.45, 7) is 4.28. The monoisotopic (exact) mass is 408 g/mol. The highest BCUT2D eigenvalue weighted by Gasteiger charge is 2.46. The molecule has 0 unspecified atom stereocenters. The summed E-state index contributed by atoms with van der Waals surface area (Å²) in [4.78, 5) is 27.2. The Labute approximate surface area is 172 Å². The minimum absolute atomic E-state index is 0.0235. The third kappa shape index (κ3) is 3.36.